The van der Waals surface area contributed by atoms with E-state index in [1.807, 2.05) is 42.5 Å². The number of ketones is 1. The van der Waals surface area contributed by atoms with Crippen LogP contribution in [-0.2, 0) is 20.7 Å². The van der Waals surface area contributed by atoms with Crippen LogP contribution in [0.15, 0.2) is 65.4 Å². The highest BCUT2D eigenvalue weighted by molar-refractivity contribution is 9.10. The third-order valence-corrected chi connectivity index (χ3v) is 4.35. The number of carbonyl (C=O) groups excluding carboxylic acids is 2. The first kappa shape index (κ1) is 19.7. The minimum atomic E-state index is -0.525. The van der Waals surface area contributed by atoms with Gasteiger partial charge < -0.3 is 10.1 Å². The van der Waals surface area contributed by atoms with Crippen molar-refractivity contribution < 1.29 is 14.3 Å². The van der Waals surface area contributed by atoms with E-state index in [0.29, 0.717) is 5.82 Å². The topological polar surface area (TPSA) is 81.2 Å². The van der Waals surface area contributed by atoms with Crippen molar-refractivity contribution in [2.45, 2.75) is 13.3 Å². The predicted molar refractivity (Wildman–Crippen MR) is 111 cm³/mol. The number of halogens is 1. The summed E-state index contributed by atoms with van der Waals surface area (Å²) in [6.07, 6.45) is 4.05. The first-order chi connectivity index (χ1) is 13.5. The molecule has 0 saturated carbocycles. The van der Waals surface area contributed by atoms with Crippen LogP contribution < -0.4 is 5.32 Å². The third kappa shape index (κ3) is 5.23. The lowest BCUT2D eigenvalue weighted by Crippen LogP contribution is -2.03. The minimum Gasteiger partial charge on any atom is -0.463 e. The van der Waals surface area contributed by atoms with Crippen LogP contribution in [0.1, 0.15) is 12.5 Å². The number of nitrogens with zero attached hydrogens (tertiary/aromatic N) is 2. The number of anilines is 2. The number of fused-ring (bicyclic) bond motifs is 1. The molecule has 0 atom stereocenters. The van der Waals surface area contributed by atoms with E-state index in [2.05, 4.69) is 31.2 Å². The second-order valence-corrected chi connectivity index (χ2v) is 6.85. The van der Waals surface area contributed by atoms with Gasteiger partial charge in [-0.2, -0.15) is 0 Å². The van der Waals surface area contributed by atoms with E-state index >= 15 is 0 Å². The molecule has 0 saturated heterocycles. The largest absolute Gasteiger partial charge is 0.463 e. The predicted octanol–water partition coefficient (Wildman–Crippen LogP) is 4.37. The number of ether oxygens (including phenoxy) is 1. The van der Waals surface area contributed by atoms with Crippen LogP contribution in [0.5, 0.6) is 0 Å². The van der Waals surface area contributed by atoms with Gasteiger partial charge in [0, 0.05) is 28.0 Å². The summed E-state index contributed by atoms with van der Waals surface area (Å²) in [5, 5.41) is 4.09. The molecule has 0 bridgehead atoms. The third-order valence-electron chi connectivity index (χ3n) is 3.86. The molecule has 1 heterocycles. The van der Waals surface area contributed by atoms with Gasteiger partial charge in [0.05, 0.1) is 12.1 Å². The summed E-state index contributed by atoms with van der Waals surface area (Å²) in [6.45, 7) is 1.99. The van der Waals surface area contributed by atoms with Gasteiger partial charge in [-0.3, -0.25) is 4.79 Å². The van der Waals surface area contributed by atoms with Gasteiger partial charge in [0.25, 0.3) is 0 Å². The highest BCUT2D eigenvalue weighted by Gasteiger charge is 2.08. The van der Waals surface area contributed by atoms with Crippen LogP contribution in [0.2, 0.25) is 0 Å². The second-order valence-electron chi connectivity index (χ2n) is 5.94. The molecule has 0 amide bonds. The summed E-state index contributed by atoms with van der Waals surface area (Å²) >= 11 is 3.45. The Kier molecular flexibility index (Phi) is 6.49. The summed E-state index contributed by atoms with van der Waals surface area (Å²) < 4.78 is 5.73. The van der Waals surface area contributed by atoms with Gasteiger partial charge in [-0.15, -0.1) is 0 Å². The number of aromatic nitrogens is 2. The first-order valence-corrected chi connectivity index (χ1v) is 9.48. The Balaban J connectivity index is 1.82. The van der Waals surface area contributed by atoms with Crippen LogP contribution in [0.25, 0.3) is 10.9 Å². The van der Waals surface area contributed by atoms with Crippen LogP contribution in [-0.4, -0.2) is 28.3 Å². The van der Waals surface area contributed by atoms with E-state index < -0.39 is 5.97 Å². The van der Waals surface area contributed by atoms with E-state index in [0.717, 1.165) is 32.7 Å². The summed E-state index contributed by atoms with van der Waals surface area (Å²) in [4.78, 5) is 32.1. The van der Waals surface area contributed by atoms with Crippen molar-refractivity contribution in [2.75, 3.05) is 11.9 Å². The van der Waals surface area contributed by atoms with Crippen LogP contribution >= 0.6 is 15.9 Å². The molecule has 6 nitrogen and oxygen atoms in total. The maximum absolute atomic E-state index is 12.1. The Morgan fingerprint density at radius 2 is 2.00 bits per heavy atom. The molecule has 0 unspecified atom stereocenters. The monoisotopic (exact) mass is 439 g/mol. The fraction of sp³-hybridized carbons (Fsp3) is 0.143. The zero-order chi connectivity index (χ0) is 19.9. The van der Waals surface area contributed by atoms with Gasteiger partial charge >= 0.3 is 5.97 Å². The molecule has 3 rings (SSSR count). The molecular formula is C21H18BrN3O3. The molecule has 0 aliphatic carbocycles. The fourth-order valence-electron chi connectivity index (χ4n) is 2.63. The van der Waals surface area contributed by atoms with E-state index in [4.69, 9.17) is 4.74 Å². The van der Waals surface area contributed by atoms with Crippen LogP contribution in [0.4, 0.5) is 11.5 Å². The zero-order valence-electron chi connectivity index (χ0n) is 15.2. The van der Waals surface area contributed by atoms with E-state index in [9.17, 15) is 9.59 Å². The lowest BCUT2D eigenvalue weighted by atomic mass is 10.1. The van der Waals surface area contributed by atoms with Crippen molar-refractivity contribution in [2.24, 2.45) is 0 Å². The number of carbonyl (C=O) groups is 2. The molecule has 0 spiro atoms. The molecule has 0 fully saturated rings. The van der Waals surface area contributed by atoms with Crippen molar-refractivity contribution >= 4 is 50.1 Å². The van der Waals surface area contributed by atoms with Crippen LogP contribution in [0, 0.1) is 0 Å². The normalized spacial score (nSPS) is 10.9. The van der Waals surface area contributed by atoms with E-state index in [1.54, 1.807) is 6.92 Å². The minimum absolute atomic E-state index is 0.164. The van der Waals surface area contributed by atoms with Crippen molar-refractivity contribution in [1.82, 2.24) is 9.97 Å². The number of nitrogens with one attached hydrogen (secondary N) is 1. The van der Waals surface area contributed by atoms with E-state index in [-0.39, 0.29) is 18.8 Å². The van der Waals surface area contributed by atoms with Crippen molar-refractivity contribution in [3.63, 3.8) is 0 Å². The molecule has 2 aromatic carbocycles. The van der Waals surface area contributed by atoms with Gasteiger partial charge in [0.1, 0.15) is 12.1 Å². The summed E-state index contributed by atoms with van der Waals surface area (Å²) in [5.74, 6) is -0.0616. The Morgan fingerprint density at radius 1 is 1.14 bits per heavy atom. The zero-order valence-corrected chi connectivity index (χ0v) is 16.8. The highest BCUT2D eigenvalue weighted by atomic mass is 79.9. The molecule has 7 heteroatoms. The quantitative estimate of drug-likeness (QED) is 0.434. The van der Waals surface area contributed by atoms with Crippen molar-refractivity contribution in [1.29, 1.82) is 0 Å². The van der Waals surface area contributed by atoms with Gasteiger partial charge in [-0.1, -0.05) is 28.1 Å². The summed E-state index contributed by atoms with van der Waals surface area (Å²) in [6, 6.07) is 13.3. The number of esters is 1. The number of hydrogen-bond acceptors (Lipinski definition) is 6. The maximum Gasteiger partial charge on any atom is 0.330 e. The Hall–Kier alpha value is -3.06. The number of hydrogen-bond donors (Lipinski definition) is 1. The molecule has 0 radical (unpaired) electrons. The molecule has 142 valence electrons. The standard InChI is InChI=1S/C21H18BrN3O3/c1-2-28-20(27)9-7-17(26)10-14-6-8-19-18(11-14)21(24-13-23-19)25-16-5-3-4-15(22)12-16/h3-9,11-13H,2,10H2,1H3,(H,23,24,25)/b9-7+. The van der Waals surface area contributed by atoms with Gasteiger partial charge in [-0.05, 0) is 48.9 Å². The molecule has 3 aromatic rings. The Labute approximate surface area is 170 Å². The van der Waals surface area contributed by atoms with Crippen molar-refractivity contribution in [3.8, 4) is 0 Å². The molecule has 1 N–H and O–H groups in total. The number of allylic oxidation sites excluding steroid dienone is 1. The molecule has 0 aliphatic rings. The summed E-state index contributed by atoms with van der Waals surface area (Å²) in [7, 11) is 0. The number of rotatable bonds is 7. The average molecular weight is 440 g/mol. The highest BCUT2D eigenvalue weighted by Crippen LogP contribution is 2.25. The Morgan fingerprint density at radius 3 is 2.79 bits per heavy atom. The van der Waals surface area contributed by atoms with Gasteiger partial charge in [0.15, 0.2) is 5.78 Å². The van der Waals surface area contributed by atoms with Crippen molar-refractivity contribution in [3.05, 3.63) is 71.0 Å². The second kappa shape index (κ2) is 9.23. The van der Waals surface area contributed by atoms with Gasteiger partial charge in [0.2, 0.25) is 0 Å². The summed E-state index contributed by atoms with van der Waals surface area (Å²) in [5.41, 5.74) is 2.46. The molecule has 0 aliphatic heterocycles. The fourth-order valence-corrected chi connectivity index (χ4v) is 3.03. The van der Waals surface area contributed by atoms with E-state index in [1.165, 1.54) is 12.4 Å². The number of benzene rings is 2. The molecule has 28 heavy (non-hydrogen) atoms. The Bertz CT molecular complexity index is 1050. The maximum atomic E-state index is 12.1. The smallest absolute Gasteiger partial charge is 0.330 e. The molecule has 1 aromatic heterocycles. The van der Waals surface area contributed by atoms with Crippen LogP contribution in [0.3, 0.4) is 0 Å². The lowest BCUT2D eigenvalue weighted by Gasteiger charge is -2.09. The molecular weight excluding hydrogens is 422 g/mol. The van der Waals surface area contributed by atoms with Gasteiger partial charge in [-0.25, -0.2) is 14.8 Å². The SMILES string of the molecule is CCOC(=O)/C=C/C(=O)Cc1ccc2ncnc(Nc3cccc(Br)c3)c2c1. The first-order valence-electron chi connectivity index (χ1n) is 8.69. The average Bonchev–Trinajstić information content (AvgIpc) is 2.67. The lowest BCUT2D eigenvalue weighted by molar-refractivity contribution is -0.137.